The molecule has 0 bridgehead atoms. The molecule has 1 amide bonds. The van der Waals surface area contributed by atoms with Gasteiger partial charge in [0.25, 0.3) is 0 Å². The van der Waals surface area contributed by atoms with Crippen LogP contribution >= 0.6 is 0 Å². The molecule has 1 aliphatic rings. The highest BCUT2D eigenvalue weighted by Gasteiger charge is 2.28. The van der Waals surface area contributed by atoms with Crippen LogP contribution in [0.5, 0.6) is 0 Å². The Balaban J connectivity index is 1.12. The van der Waals surface area contributed by atoms with Crippen LogP contribution in [-0.4, -0.2) is 79.6 Å². The highest BCUT2D eigenvalue weighted by Crippen LogP contribution is 2.21. The van der Waals surface area contributed by atoms with E-state index in [1.807, 2.05) is 83.3 Å². The maximum Gasteiger partial charge on any atom is 0.329 e. The quantitative estimate of drug-likeness (QED) is 0.371. The molecule has 3 heterocycles. The molecule has 2 aromatic heterocycles. The van der Waals surface area contributed by atoms with Crippen LogP contribution in [0.2, 0.25) is 0 Å². The summed E-state index contributed by atoms with van der Waals surface area (Å²) in [7, 11) is 0. The first-order chi connectivity index (χ1) is 17.4. The lowest BCUT2D eigenvalue weighted by Gasteiger charge is -2.37. The molecule has 0 N–H and O–H groups in total. The van der Waals surface area contributed by atoms with E-state index >= 15 is 0 Å². The Morgan fingerprint density at radius 3 is 1.92 bits per heavy atom. The van der Waals surface area contributed by atoms with E-state index in [9.17, 15) is 9.59 Å². The lowest BCUT2D eigenvalue weighted by Crippen LogP contribution is -2.51. The van der Waals surface area contributed by atoms with Crippen molar-refractivity contribution in [3.05, 3.63) is 61.2 Å². The number of benzene rings is 2. The number of carbonyl (C=O) groups is 2. The monoisotopic (exact) mass is 488 g/mol. The van der Waals surface area contributed by atoms with E-state index in [2.05, 4.69) is 14.9 Å². The molecular weight excluding hydrogens is 456 g/mol. The maximum atomic E-state index is 13.2. The van der Waals surface area contributed by atoms with Gasteiger partial charge in [-0.15, -0.1) is 0 Å². The Labute approximate surface area is 210 Å². The molecule has 0 radical (unpaired) electrons. The number of nitrogens with zero attached hydrogens (tertiary/aromatic N) is 6. The van der Waals surface area contributed by atoms with E-state index in [4.69, 9.17) is 4.74 Å². The van der Waals surface area contributed by atoms with Crippen LogP contribution in [0.15, 0.2) is 61.2 Å². The molecular formula is C27H32N6O3. The zero-order valence-electron chi connectivity index (χ0n) is 20.9. The number of para-hydroxylation sites is 4. The van der Waals surface area contributed by atoms with Gasteiger partial charge in [0.2, 0.25) is 5.91 Å². The first kappa shape index (κ1) is 24.0. The number of hydrogen-bond donors (Lipinski definition) is 0. The van der Waals surface area contributed by atoms with Crippen LogP contribution in [0.1, 0.15) is 32.9 Å². The molecule has 5 rings (SSSR count). The van der Waals surface area contributed by atoms with E-state index in [1.165, 1.54) is 0 Å². The molecule has 3 atom stereocenters. The van der Waals surface area contributed by atoms with Gasteiger partial charge < -0.3 is 18.8 Å². The molecule has 1 aliphatic heterocycles. The van der Waals surface area contributed by atoms with Crippen molar-refractivity contribution in [2.45, 2.75) is 39.0 Å². The molecule has 0 unspecified atom stereocenters. The second kappa shape index (κ2) is 10.1. The minimum atomic E-state index is -0.463. The number of ether oxygens (including phenoxy) is 1. The highest BCUT2D eigenvalue weighted by molar-refractivity contribution is 5.84. The normalized spacial score (nSPS) is 17.2. The van der Waals surface area contributed by atoms with E-state index < -0.39 is 6.04 Å². The molecule has 1 fully saturated rings. The Hall–Kier alpha value is -3.72. The van der Waals surface area contributed by atoms with Crippen molar-refractivity contribution < 1.29 is 14.3 Å². The Bertz CT molecular complexity index is 1370. The van der Waals surface area contributed by atoms with Gasteiger partial charge in [-0.05, 0) is 45.0 Å². The number of esters is 1. The predicted molar refractivity (Wildman–Crippen MR) is 137 cm³/mol. The molecule has 2 aromatic carbocycles. The van der Waals surface area contributed by atoms with Gasteiger partial charge in [-0.3, -0.25) is 9.69 Å². The molecule has 0 saturated carbocycles. The summed E-state index contributed by atoms with van der Waals surface area (Å²) in [6.07, 6.45) is 3.17. The average Bonchev–Trinajstić information content (AvgIpc) is 3.52. The van der Waals surface area contributed by atoms with Crippen molar-refractivity contribution in [2.24, 2.45) is 0 Å². The number of carbonyl (C=O) groups excluding carboxylic acids is 2. The Morgan fingerprint density at radius 2 is 1.33 bits per heavy atom. The van der Waals surface area contributed by atoms with Gasteiger partial charge in [-0.25, -0.2) is 14.8 Å². The standard InChI is InChI=1S/C27H32N6O3/c1-19(36-27(35)21(3)33-18-29-23-9-5-7-11-25(23)33)16-30-12-14-31(15-13-30)26(34)20(2)32-17-28-22-8-4-6-10-24(22)32/h4-11,17-21H,12-16H2,1-3H3/t19-,20-,21+/m1/s1. The molecule has 4 aromatic rings. The van der Waals surface area contributed by atoms with E-state index in [-0.39, 0.29) is 24.0 Å². The summed E-state index contributed by atoms with van der Waals surface area (Å²) in [4.78, 5) is 38.9. The zero-order chi connectivity index (χ0) is 25.2. The summed E-state index contributed by atoms with van der Waals surface area (Å²) < 4.78 is 9.56. The van der Waals surface area contributed by atoms with Crippen LogP contribution in [0.25, 0.3) is 22.1 Å². The van der Waals surface area contributed by atoms with Crippen LogP contribution < -0.4 is 0 Å². The second-order valence-corrected chi connectivity index (χ2v) is 9.51. The second-order valence-electron chi connectivity index (χ2n) is 9.51. The molecule has 0 aliphatic carbocycles. The van der Waals surface area contributed by atoms with Gasteiger partial charge in [0.15, 0.2) is 0 Å². The van der Waals surface area contributed by atoms with Crippen LogP contribution in [0, 0.1) is 0 Å². The third-order valence-corrected chi connectivity index (χ3v) is 7.01. The fraction of sp³-hybridized carbons (Fsp3) is 0.407. The SMILES string of the molecule is C[C@H](CN1CCN(C(=O)[C@@H](C)n2cnc3ccccc32)CC1)OC(=O)[C@H](C)n1cnc2ccccc21. The third kappa shape index (κ3) is 4.70. The van der Waals surface area contributed by atoms with Gasteiger partial charge >= 0.3 is 5.97 Å². The summed E-state index contributed by atoms with van der Waals surface area (Å²) in [5, 5.41) is 0. The van der Waals surface area contributed by atoms with Crippen molar-refractivity contribution in [3.63, 3.8) is 0 Å². The number of hydrogen-bond acceptors (Lipinski definition) is 6. The zero-order valence-corrected chi connectivity index (χ0v) is 20.9. The minimum Gasteiger partial charge on any atom is -0.460 e. The van der Waals surface area contributed by atoms with Crippen molar-refractivity contribution in [1.29, 1.82) is 0 Å². The molecule has 9 nitrogen and oxygen atoms in total. The highest BCUT2D eigenvalue weighted by atomic mass is 16.5. The lowest BCUT2D eigenvalue weighted by molar-refractivity contribution is -0.152. The van der Waals surface area contributed by atoms with Crippen molar-refractivity contribution >= 4 is 33.9 Å². The fourth-order valence-electron chi connectivity index (χ4n) is 4.92. The topological polar surface area (TPSA) is 85.5 Å². The minimum absolute atomic E-state index is 0.0960. The number of fused-ring (bicyclic) bond motifs is 2. The van der Waals surface area contributed by atoms with Gasteiger partial charge in [0, 0.05) is 32.7 Å². The van der Waals surface area contributed by atoms with Crippen molar-refractivity contribution in [3.8, 4) is 0 Å². The van der Waals surface area contributed by atoms with E-state index in [0.717, 1.165) is 35.2 Å². The summed E-state index contributed by atoms with van der Waals surface area (Å²) in [6, 6.07) is 14.8. The first-order valence-electron chi connectivity index (χ1n) is 12.5. The number of imidazole rings is 2. The molecule has 188 valence electrons. The third-order valence-electron chi connectivity index (χ3n) is 7.01. The Kier molecular flexibility index (Phi) is 6.73. The molecule has 9 heteroatoms. The smallest absolute Gasteiger partial charge is 0.329 e. The largest absolute Gasteiger partial charge is 0.460 e. The lowest BCUT2D eigenvalue weighted by atomic mass is 10.2. The van der Waals surface area contributed by atoms with E-state index in [0.29, 0.717) is 19.6 Å². The summed E-state index contributed by atoms with van der Waals surface area (Å²) in [5.74, 6) is -0.181. The molecule has 1 saturated heterocycles. The average molecular weight is 489 g/mol. The van der Waals surface area contributed by atoms with Crippen LogP contribution in [0.3, 0.4) is 0 Å². The summed E-state index contributed by atoms with van der Waals surface area (Å²) in [6.45, 7) is 9.09. The molecule has 36 heavy (non-hydrogen) atoms. The number of aromatic nitrogens is 4. The van der Waals surface area contributed by atoms with Crippen LogP contribution in [-0.2, 0) is 14.3 Å². The number of rotatable bonds is 7. The first-order valence-corrected chi connectivity index (χ1v) is 12.5. The number of piperazine rings is 1. The van der Waals surface area contributed by atoms with Gasteiger partial charge in [0.05, 0.1) is 34.7 Å². The maximum absolute atomic E-state index is 13.2. The number of amides is 1. The van der Waals surface area contributed by atoms with Gasteiger partial charge in [-0.2, -0.15) is 0 Å². The molecule has 0 spiro atoms. The van der Waals surface area contributed by atoms with E-state index in [1.54, 1.807) is 12.7 Å². The Morgan fingerprint density at radius 1 is 0.806 bits per heavy atom. The predicted octanol–water partition coefficient (Wildman–Crippen LogP) is 3.28. The van der Waals surface area contributed by atoms with Crippen molar-refractivity contribution in [1.82, 2.24) is 28.9 Å². The summed E-state index contributed by atoms with van der Waals surface area (Å²) >= 11 is 0. The van der Waals surface area contributed by atoms with Gasteiger partial charge in [0.1, 0.15) is 18.2 Å². The van der Waals surface area contributed by atoms with Crippen molar-refractivity contribution in [2.75, 3.05) is 32.7 Å². The summed E-state index contributed by atoms with van der Waals surface area (Å²) in [5.41, 5.74) is 3.62. The fourth-order valence-corrected chi connectivity index (χ4v) is 4.92. The van der Waals surface area contributed by atoms with Gasteiger partial charge in [-0.1, -0.05) is 24.3 Å². The van der Waals surface area contributed by atoms with Crippen LogP contribution in [0.4, 0.5) is 0 Å².